The highest BCUT2D eigenvalue weighted by Crippen LogP contribution is 2.25. The highest BCUT2D eigenvalue weighted by Gasteiger charge is 2.03. The minimum Gasteiger partial charge on any atom is -0.385 e. The fourth-order valence-electron chi connectivity index (χ4n) is 1.24. The number of hydrogen-bond donors (Lipinski definition) is 3. The van der Waals surface area contributed by atoms with E-state index in [0.29, 0.717) is 24.1 Å². The molecule has 0 radical (unpaired) electrons. The number of nitrogens with one attached hydrogen (secondary N) is 2. The number of nitrogens with two attached hydrogens (primary N) is 1. The van der Waals surface area contributed by atoms with Crippen LogP contribution in [-0.4, -0.2) is 26.2 Å². The van der Waals surface area contributed by atoms with Crippen molar-refractivity contribution in [3.8, 4) is 0 Å². The smallest absolute Gasteiger partial charge is 0.210 e. The molecule has 1 rings (SSSR count). The Morgan fingerprint density at radius 3 is 2.94 bits per heavy atom. The summed E-state index contributed by atoms with van der Waals surface area (Å²) in [6.07, 6.45) is 0.838. The first kappa shape index (κ1) is 15.2. The van der Waals surface area contributed by atoms with E-state index in [-0.39, 0.29) is 0 Å². The molecule has 0 amide bonds. The summed E-state index contributed by atoms with van der Waals surface area (Å²) < 4.78 is 5.79. The number of benzene rings is 1. The zero-order valence-corrected chi connectivity index (χ0v) is 12.4. The number of anilines is 1. The number of halogens is 2. The van der Waals surface area contributed by atoms with Gasteiger partial charge < -0.3 is 10.1 Å². The van der Waals surface area contributed by atoms with E-state index in [1.807, 2.05) is 6.07 Å². The van der Waals surface area contributed by atoms with Gasteiger partial charge in [0.15, 0.2) is 0 Å². The second-order valence-corrected chi connectivity index (χ2v) is 4.76. The van der Waals surface area contributed by atoms with Gasteiger partial charge in [-0.25, -0.2) is 5.84 Å². The van der Waals surface area contributed by atoms with Crippen LogP contribution in [-0.2, 0) is 4.74 Å². The minimum absolute atomic E-state index is 0.495. The summed E-state index contributed by atoms with van der Waals surface area (Å²) >= 11 is 9.27. The molecule has 0 saturated carbocycles. The van der Waals surface area contributed by atoms with Crippen molar-refractivity contribution in [3.63, 3.8) is 0 Å². The second kappa shape index (κ2) is 8.31. The van der Waals surface area contributed by atoms with Crippen LogP contribution in [0, 0.1) is 0 Å². The lowest BCUT2D eigenvalue weighted by atomic mass is 10.3. The Balaban J connectivity index is 2.61. The van der Waals surface area contributed by atoms with Gasteiger partial charge in [-0.3, -0.25) is 10.4 Å². The quantitative estimate of drug-likeness (QED) is 0.254. The molecule has 0 heterocycles. The van der Waals surface area contributed by atoms with Gasteiger partial charge in [-0.15, -0.1) is 0 Å². The summed E-state index contributed by atoms with van der Waals surface area (Å²) in [5.74, 6) is 5.89. The van der Waals surface area contributed by atoms with E-state index in [1.165, 1.54) is 0 Å². The van der Waals surface area contributed by atoms with Crippen molar-refractivity contribution in [1.82, 2.24) is 5.43 Å². The molecule has 0 bridgehead atoms. The van der Waals surface area contributed by atoms with Crippen molar-refractivity contribution in [1.29, 1.82) is 0 Å². The van der Waals surface area contributed by atoms with Crippen LogP contribution >= 0.6 is 27.5 Å². The van der Waals surface area contributed by atoms with Crippen LogP contribution in [0.2, 0.25) is 5.02 Å². The summed E-state index contributed by atoms with van der Waals surface area (Å²) in [4.78, 5) is 4.27. The predicted octanol–water partition coefficient (Wildman–Crippen LogP) is 2.37. The van der Waals surface area contributed by atoms with Gasteiger partial charge in [0.05, 0.1) is 5.69 Å². The second-order valence-electron chi connectivity index (χ2n) is 3.47. The number of guanidine groups is 1. The number of ether oxygens (including phenoxy) is 1. The number of aliphatic imine (C=N–C) groups is 1. The summed E-state index contributed by atoms with van der Waals surface area (Å²) in [6.45, 7) is 1.30. The van der Waals surface area contributed by atoms with Gasteiger partial charge in [-0.1, -0.05) is 11.6 Å². The fraction of sp³-hybridized carbons (Fsp3) is 0.364. The van der Waals surface area contributed by atoms with Crippen molar-refractivity contribution in [3.05, 3.63) is 27.7 Å². The van der Waals surface area contributed by atoms with E-state index in [4.69, 9.17) is 22.2 Å². The molecular formula is C11H16BrClN4O. The lowest BCUT2D eigenvalue weighted by molar-refractivity contribution is 0.197. The number of hydrazine groups is 1. The third kappa shape index (κ3) is 5.22. The predicted molar refractivity (Wildman–Crippen MR) is 78.9 cm³/mol. The molecular weight excluding hydrogens is 320 g/mol. The number of nitrogens with zero attached hydrogens (tertiary/aromatic N) is 1. The molecule has 1 aromatic carbocycles. The molecule has 0 saturated heterocycles. The summed E-state index contributed by atoms with van der Waals surface area (Å²) in [7, 11) is 1.66. The molecule has 0 unspecified atom stereocenters. The Labute approximate surface area is 120 Å². The summed E-state index contributed by atoms with van der Waals surface area (Å²) in [5, 5.41) is 3.73. The molecule has 100 valence electrons. The van der Waals surface area contributed by atoms with E-state index in [1.54, 1.807) is 19.2 Å². The van der Waals surface area contributed by atoms with Crippen LogP contribution in [0.1, 0.15) is 6.42 Å². The lowest BCUT2D eigenvalue weighted by Crippen LogP contribution is -2.36. The van der Waals surface area contributed by atoms with E-state index < -0.39 is 0 Å². The zero-order valence-electron chi connectivity index (χ0n) is 10.0. The van der Waals surface area contributed by atoms with Crippen molar-refractivity contribution < 1.29 is 4.74 Å². The summed E-state index contributed by atoms with van der Waals surface area (Å²) in [6, 6.07) is 5.42. The molecule has 5 nitrogen and oxygen atoms in total. The molecule has 1 aromatic rings. The molecule has 0 aliphatic rings. The molecule has 0 atom stereocenters. The van der Waals surface area contributed by atoms with Crippen molar-refractivity contribution in [2.24, 2.45) is 10.8 Å². The van der Waals surface area contributed by atoms with Crippen LogP contribution in [0.4, 0.5) is 5.69 Å². The van der Waals surface area contributed by atoms with Gasteiger partial charge in [-0.2, -0.15) is 0 Å². The van der Waals surface area contributed by atoms with Gasteiger partial charge in [0.1, 0.15) is 0 Å². The lowest BCUT2D eigenvalue weighted by Gasteiger charge is -2.11. The van der Waals surface area contributed by atoms with Crippen LogP contribution < -0.4 is 16.6 Å². The fourth-order valence-corrected chi connectivity index (χ4v) is 2.02. The molecule has 7 heteroatoms. The SMILES string of the molecule is COCCCN=C(NN)Nc1ccc(Cl)cc1Br. The van der Waals surface area contributed by atoms with Gasteiger partial charge in [0, 0.05) is 29.8 Å². The molecule has 18 heavy (non-hydrogen) atoms. The largest absolute Gasteiger partial charge is 0.385 e. The Hall–Kier alpha value is -0.820. The van der Waals surface area contributed by atoms with Crippen molar-refractivity contribution >= 4 is 39.2 Å². The Bertz CT molecular complexity index is 414. The number of hydrogen-bond acceptors (Lipinski definition) is 3. The summed E-state index contributed by atoms with van der Waals surface area (Å²) in [5.41, 5.74) is 3.35. The average molecular weight is 336 g/mol. The average Bonchev–Trinajstić information content (AvgIpc) is 2.35. The molecule has 4 N–H and O–H groups in total. The molecule has 0 aliphatic heterocycles. The van der Waals surface area contributed by atoms with Gasteiger partial charge in [-0.05, 0) is 40.5 Å². The first-order chi connectivity index (χ1) is 8.67. The Kier molecular flexibility index (Phi) is 7.04. The minimum atomic E-state index is 0.495. The first-order valence-corrected chi connectivity index (χ1v) is 6.56. The standard InChI is InChI=1S/C11H16BrClN4O/c1-18-6-2-5-15-11(17-14)16-10-4-3-8(13)7-9(10)12/h3-4,7H,2,5-6,14H2,1H3,(H2,15,16,17). The topological polar surface area (TPSA) is 71.7 Å². The highest BCUT2D eigenvalue weighted by molar-refractivity contribution is 9.10. The van der Waals surface area contributed by atoms with Crippen LogP contribution in [0.3, 0.4) is 0 Å². The van der Waals surface area contributed by atoms with E-state index >= 15 is 0 Å². The third-order valence-electron chi connectivity index (χ3n) is 2.10. The maximum Gasteiger partial charge on any atom is 0.210 e. The normalized spacial score (nSPS) is 11.4. The van der Waals surface area contributed by atoms with Gasteiger partial charge in [0.25, 0.3) is 0 Å². The molecule has 0 spiro atoms. The van der Waals surface area contributed by atoms with Gasteiger partial charge >= 0.3 is 0 Å². The van der Waals surface area contributed by atoms with Gasteiger partial charge in [0.2, 0.25) is 5.96 Å². The maximum absolute atomic E-state index is 5.86. The first-order valence-electron chi connectivity index (χ1n) is 5.39. The monoisotopic (exact) mass is 334 g/mol. The number of rotatable bonds is 5. The molecule has 0 aliphatic carbocycles. The maximum atomic E-state index is 5.86. The number of methoxy groups -OCH3 is 1. The third-order valence-corrected chi connectivity index (χ3v) is 2.99. The Morgan fingerprint density at radius 1 is 1.56 bits per heavy atom. The van der Waals surface area contributed by atoms with Crippen LogP contribution in [0.25, 0.3) is 0 Å². The molecule has 0 fully saturated rings. The van der Waals surface area contributed by atoms with Crippen molar-refractivity contribution in [2.45, 2.75) is 6.42 Å². The Morgan fingerprint density at radius 2 is 2.33 bits per heavy atom. The molecule has 0 aromatic heterocycles. The zero-order chi connectivity index (χ0) is 13.4. The van der Waals surface area contributed by atoms with E-state index in [2.05, 4.69) is 31.7 Å². The van der Waals surface area contributed by atoms with E-state index in [0.717, 1.165) is 16.6 Å². The van der Waals surface area contributed by atoms with Crippen LogP contribution in [0.5, 0.6) is 0 Å². The highest BCUT2D eigenvalue weighted by atomic mass is 79.9. The van der Waals surface area contributed by atoms with Crippen molar-refractivity contribution in [2.75, 3.05) is 25.6 Å². The van der Waals surface area contributed by atoms with Crippen LogP contribution in [0.15, 0.2) is 27.7 Å². The van der Waals surface area contributed by atoms with E-state index in [9.17, 15) is 0 Å².